The van der Waals surface area contributed by atoms with E-state index in [1.54, 1.807) is 6.20 Å². The Morgan fingerprint density at radius 2 is 2.15 bits per heavy atom. The maximum Gasteiger partial charge on any atom is 0.240 e. The van der Waals surface area contributed by atoms with Gasteiger partial charge in [0.25, 0.3) is 0 Å². The highest BCUT2D eigenvalue weighted by atomic mass is 16.2. The zero-order valence-corrected chi connectivity index (χ0v) is 12.6. The average Bonchev–Trinajstić information content (AvgIpc) is 2.83. The van der Waals surface area contributed by atoms with Crippen molar-refractivity contribution < 1.29 is 4.79 Å². The number of nitrogens with one attached hydrogen (secondary N) is 1. The van der Waals surface area contributed by atoms with E-state index in [1.165, 1.54) is 6.42 Å². The lowest BCUT2D eigenvalue weighted by Crippen LogP contribution is -2.54. The standard InChI is InChI=1S/C15H26N4O/c1-12(2)11-19-9-8-17-13(19)10-18-14(20)15(16)6-4-3-5-7-15/h8-9,12H,3-7,10-11,16H2,1-2H3,(H,18,20). The fourth-order valence-electron chi connectivity index (χ4n) is 2.81. The Morgan fingerprint density at radius 1 is 1.45 bits per heavy atom. The van der Waals surface area contributed by atoms with Gasteiger partial charge >= 0.3 is 0 Å². The van der Waals surface area contributed by atoms with Gasteiger partial charge in [-0.2, -0.15) is 0 Å². The summed E-state index contributed by atoms with van der Waals surface area (Å²) in [5.74, 6) is 1.42. The molecular formula is C15H26N4O. The number of nitrogens with zero attached hydrogens (tertiary/aromatic N) is 2. The summed E-state index contributed by atoms with van der Waals surface area (Å²) in [4.78, 5) is 16.6. The van der Waals surface area contributed by atoms with Crippen LogP contribution in [0.5, 0.6) is 0 Å². The summed E-state index contributed by atoms with van der Waals surface area (Å²) in [6, 6.07) is 0. The SMILES string of the molecule is CC(C)Cn1ccnc1CNC(=O)C1(N)CCCCC1. The summed E-state index contributed by atoms with van der Waals surface area (Å²) in [6.45, 7) is 5.70. The summed E-state index contributed by atoms with van der Waals surface area (Å²) in [5.41, 5.74) is 5.55. The first kappa shape index (κ1) is 15.0. The molecule has 1 heterocycles. The number of rotatable bonds is 5. The number of carbonyl (C=O) groups is 1. The molecule has 0 atom stereocenters. The zero-order valence-electron chi connectivity index (χ0n) is 12.6. The molecule has 112 valence electrons. The van der Waals surface area contributed by atoms with Crippen LogP contribution in [0.25, 0.3) is 0 Å². The van der Waals surface area contributed by atoms with E-state index in [2.05, 4.69) is 28.7 Å². The van der Waals surface area contributed by atoms with Crippen molar-refractivity contribution in [1.82, 2.24) is 14.9 Å². The van der Waals surface area contributed by atoms with Gasteiger partial charge < -0.3 is 15.6 Å². The predicted molar refractivity (Wildman–Crippen MR) is 78.9 cm³/mol. The van der Waals surface area contributed by atoms with Crippen molar-refractivity contribution in [2.75, 3.05) is 0 Å². The monoisotopic (exact) mass is 278 g/mol. The van der Waals surface area contributed by atoms with Crippen LogP contribution in [0.1, 0.15) is 51.8 Å². The molecule has 1 aromatic rings. The fourth-order valence-corrected chi connectivity index (χ4v) is 2.81. The minimum Gasteiger partial charge on any atom is -0.347 e. The van der Waals surface area contributed by atoms with Crippen molar-refractivity contribution in [3.63, 3.8) is 0 Å². The minimum atomic E-state index is -0.673. The second kappa shape index (κ2) is 6.39. The Hall–Kier alpha value is -1.36. The lowest BCUT2D eigenvalue weighted by atomic mass is 9.82. The minimum absolute atomic E-state index is 0.0312. The van der Waals surface area contributed by atoms with Crippen molar-refractivity contribution in [1.29, 1.82) is 0 Å². The summed E-state index contributed by atoms with van der Waals surface area (Å²) in [6.07, 6.45) is 8.60. The Morgan fingerprint density at radius 3 is 2.80 bits per heavy atom. The van der Waals surface area contributed by atoms with Crippen molar-refractivity contribution in [2.24, 2.45) is 11.7 Å². The molecule has 1 fully saturated rings. The molecule has 0 unspecified atom stereocenters. The topological polar surface area (TPSA) is 72.9 Å². The number of hydrogen-bond donors (Lipinski definition) is 2. The molecule has 1 aromatic heterocycles. The highest BCUT2D eigenvalue weighted by Crippen LogP contribution is 2.26. The predicted octanol–water partition coefficient (Wildman–Crippen LogP) is 1.82. The van der Waals surface area contributed by atoms with Gasteiger partial charge in [0.2, 0.25) is 5.91 Å². The van der Waals surface area contributed by atoms with Gasteiger partial charge in [-0.05, 0) is 18.8 Å². The zero-order chi connectivity index (χ0) is 14.6. The molecular weight excluding hydrogens is 252 g/mol. The van der Waals surface area contributed by atoms with Gasteiger partial charge in [-0.1, -0.05) is 33.1 Å². The van der Waals surface area contributed by atoms with Crippen LogP contribution in [0.3, 0.4) is 0 Å². The normalized spacial score (nSPS) is 18.2. The molecule has 1 aliphatic carbocycles. The molecule has 20 heavy (non-hydrogen) atoms. The van der Waals surface area contributed by atoms with E-state index in [-0.39, 0.29) is 5.91 Å². The van der Waals surface area contributed by atoms with E-state index >= 15 is 0 Å². The third-order valence-corrected chi connectivity index (χ3v) is 3.97. The van der Waals surface area contributed by atoms with Crippen molar-refractivity contribution in [2.45, 2.75) is 64.6 Å². The quantitative estimate of drug-likeness (QED) is 0.863. The largest absolute Gasteiger partial charge is 0.347 e. The summed E-state index contributed by atoms with van der Waals surface area (Å²) in [7, 11) is 0. The summed E-state index contributed by atoms with van der Waals surface area (Å²) >= 11 is 0. The van der Waals surface area contributed by atoms with Gasteiger partial charge in [0.15, 0.2) is 0 Å². The van der Waals surface area contributed by atoms with Gasteiger partial charge in [0.05, 0.1) is 12.1 Å². The van der Waals surface area contributed by atoms with E-state index in [0.717, 1.165) is 38.1 Å². The van der Waals surface area contributed by atoms with Crippen LogP contribution in [-0.4, -0.2) is 21.0 Å². The third-order valence-electron chi connectivity index (χ3n) is 3.97. The highest BCUT2D eigenvalue weighted by Gasteiger charge is 2.35. The first-order valence-electron chi connectivity index (χ1n) is 7.58. The van der Waals surface area contributed by atoms with Crippen molar-refractivity contribution in [3.8, 4) is 0 Å². The van der Waals surface area contributed by atoms with Crippen LogP contribution in [0, 0.1) is 5.92 Å². The Labute approximate surface area is 120 Å². The molecule has 0 saturated heterocycles. The number of hydrogen-bond acceptors (Lipinski definition) is 3. The lowest BCUT2D eigenvalue weighted by Gasteiger charge is -2.31. The molecule has 0 spiro atoms. The molecule has 5 nitrogen and oxygen atoms in total. The van der Waals surface area contributed by atoms with E-state index < -0.39 is 5.54 Å². The Balaban J connectivity index is 1.91. The second-order valence-electron chi connectivity index (χ2n) is 6.29. The van der Waals surface area contributed by atoms with E-state index in [9.17, 15) is 4.79 Å². The molecule has 0 aliphatic heterocycles. The van der Waals surface area contributed by atoms with E-state index in [4.69, 9.17) is 5.73 Å². The molecule has 0 radical (unpaired) electrons. The first-order chi connectivity index (χ1) is 9.51. The number of carbonyl (C=O) groups excluding carboxylic acids is 1. The molecule has 3 N–H and O–H groups in total. The summed E-state index contributed by atoms with van der Waals surface area (Å²) < 4.78 is 2.09. The number of aromatic nitrogens is 2. The van der Waals surface area contributed by atoms with Gasteiger partial charge in [0.1, 0.15) is 5.82 Å². The third kappa shape index (κ3) is 3.60. The Kier molecular flexibility index (Phi) is 4.81. The highest BCUT2D eigenvalue weighted by molar-refractivity contribution is 5.86. The smallest absolute Gasteiger partial charge is 0.240 e. The Bertz CT molecular complexity index is 446. The summed E-state index contributed by atoms with van der Waals surface area (Å²) in [5, 5.41) is 2.96. The average molecular weight is 278 g/mol. The molecule has 0 aromatic carbocycles. The van der Waals surface area contributed by atoms with Crippen LogP contribution < -0.4 is 11.1 Å². The molecule has 5 heteroatoms. The van der Waals surface area contributed by atoms with Crippen LogP contribution in [0.15, 0.2) is 12.4 Å². The second-order valence-corrected chi connectivity index (χ2v) is 6.29. The molecule has 2 rings (SSSR count). The van der Waals surface area contributed by atoms with Crippen LogP contribution in [0.2, 0.25) is 0 Å². The molecule has 1 amide bonds. The van der Waals surface area contributed by atoms with Gasteiger partial charge in [-0.3, -0.25) is 4.79 Å². The lowest BCUT2D eigenvalue weighted by molar-refractivity contribution is -0.127. The first-order valence-corrected chi connectivity index (χ1v) is 7.58. The van der Waals surface area contributed by atoms with Crippen molar-refractivity contribution in [3.05, 3.63) is 18.2 Å². The van der Waals surface area contributed by atoms with E-state index in [1.807, 2.05) is 6.20 Å². The van der Waals surface area contributed by atoms with Crippen LogP contribution >= 0.6 is 0 Å². The molecule has 1 aliphatic rings. The van der Waals surface area contributed by atoms with E-state index in [0.29, 0.717) is 12.5 Å². The molecule has 1 saturated carbocycles. The van der Waals surface area contributed by atoms with Crippen LogP contribution in [0.4, 0.5) is 0 Å². The maximum atomic E-state index is 12.3. The van der Waals surface area contributed by atoms with Crippen molar-refractivity contribution >= 4 is 5.91 Å². The number of amides is 1. The molecule has 0 bridgehead atoms. The number of imidazole rings is 1. The van der Waals surface area contributed by atoms with Gasteiger partial charge in [-0.25, -0.2) is 4.98 Å². The fraction of sp³-hybridized carbons (Fsp3) is 0.733. The van der Waals surface area contributed by atoms with Gasteiger partial charge in [0, 0.05) is 18.9 Å². The van der Waals surface area contributed by atoms with Gasteiger partial charge in [-0.15, -0.1) is 0 Å². The van der Waals surface area contributed by atoms with Crippen LogP contribution in [-0.2, 0) is 17.9 Å². The number of nitrogens with two attached hydrogens (primary N) is 1. The maximum absolute atomic E-state index is 12.3.